The van der Waals surface area contributed by atoms with Crippen LogP contribution in [0.5, 0.6) is 5.75 Å². The minimum Gasteiger partial charge on any atom is -0.484 e. The van der Waals surface area contributed by atoms with E-state index in [4.69, 9.17) is 4.74 Å². The lowest BCUT2D eigenvalue weighted by Crippen LogP contribution is -2.20. The van der Waals surface area contributed by atoms with Crippen LogP contribution in [0.15, 0.2) is 24.3 Å². The summed E-state index contributed by atoms with van der Waals surface area (Å²) in [6.45, 7) is 0.442. The summed E-state index contributed by atoms with van der Waals surface area (Å²) >= 11 is 0.248. The van der Waals surface area contributed by atoms with Gasteiger partial charge in [-0.1, -0.05) is 17.4 Å². The van der Waals surface area contributed by atoms with Crippen LogP contribution in [0.2, 0.25) is 0 Å². The number of carbonyl (C=O) groups excluding carboxylic acids is 2. The van der Waals surface area contributed by atoms with Gasteiger partial charge in [-0.2, -0.15) is 26.3 Å². The van der Waals surface area contributed by atoms with E-state index >= 15 is 0 Å². The maximum Gasteiger partial charge on any atom is 0.435 e. The van der Waals surface area contributed by atoms with Crippen molar-refractivity contribution >= 4 is 28.3 Å². The number of hydrogen-bond donors (Lipinski definition) is 1. The van der Waals surface area contributed by atoms with Gasteiger partial charge in [-0.25, -0.2) is 9.78 Å². The van der Waals surface area contributed by atoms with E-state index in [2.05, 4.69) is 9.72 Å². The SMILES string of the molecule is CCOC(=O)c1sc(NC(=O)COc2cccc(C(F)(F)F)c2)nc1C(F)(F)F. The molecule has 0 spiro atoms. The van der Waals surface area contributed by atoms with Gasteiger partial charge in [0.15, 0.2) is 17.4 Å². The number of amides is 1. The number of nitrogens with zero attached hydrogens (tertiary/aromatic N) is 1. The minimum atomic E-state index is -4.96. The molecule has 0 aliphatic heterocycles. The number of rotatable bonds is 6. The highest BCUT2D eigenvalue weighted by molar-refractivity contribution is 7.17. The van der Waals surface area contributed by atoms with Gasteiger partial charge >= 0.3 is 18.3 Å². The molecule has 0 unspecified atom stereocenters. The molecule has 1 aromatic carbocycles. The van der Waals surface area contributed by atoms with E-state index in [9.17, 15) is 35.9 Å². The second-order valence-electron chi connectivity index (χ2n) is 5.28. The lowest BCUT2D eigenvalue weighted by Gasteiger charge is -2.09. The summed E-state index contributed by atoms with van der Waals surface area (Å²) in [6.07, 6.45) is -9.57. The highest BCUT2D eigenvalue weighted by atomic mass is 32.1. The summed E-state index contributed by atoms with van der Waals surface area (Å²) in [6, 6.07) is 3.71. The molecule has 29 heavy (non-hydrogen) atoms. The van der Waals surface area contributed by atoms with E-state index < -0.39 is 52.1 Å². The Hall–Kier alpha value is -2.83. The minimum absolute atomic E-state index is 0.166. The third kappa shape index (κ3) is 6.07. The van der Waals surface area contributed by atoms with Gasteiger partial charge in [0.05, 0.1) is 12.2 Å². The van der Waals surface area contributed by atoms with Crippen LogP contribution in [0, 0.1) is 0 Å². The van der Waals surface area contributed by atoms with E-state index in [-0.39, 0.29) is 23.7 Å². The van der Waals surface area contributed by atoms with Crippen LogP contribution in [0.1, 0.15) is 27.9 Å². The Morgan fingerprint density at radius 1 is 1.14 bits per heavy atom. The molecule has 0 saturated heterocycles. The van der Waals surface area contributed by atoms with E-state index in [1.54, 1.807) is 0 Å². The van der Waals surface area contributed by atoms with Crippen molar-refractivity contribution in [3.8, 4) is 5.75 Å². The number of carbonyl (C=O) groups is 2. The molecule has 1 N–H and O–H groups in total. The maximum atomic E-state index is 13.0. The van der Waals surface area contributed by atoms with Crippen LogP contribution in [-0.2, 0) is 21.9 Å². The Morgan fingerprint density at radius 2 is 1.83 bits per heavy atom. The molecule has 0 bridgehead atoms. The van der Waals surface area contributed by atoms with Crippen LogP contribution in [0.3, 0.4) is 0 Å². The third-order valence-corrected chi connectivity index (χ3v) is 4.08. The molecule has 0 aliphatic carbocycles. The fourth-order valence-electron chi connectivity index (χ4n) is 1.97. The molecule has 1 amide bonds. The predicted molar refractivity (Wildman–Crippen MR) is 88.6 cm³/mol. The average Bonchev–Trinajstić information content (AvgIpc) is 3.04. The third-order valence-electron chi connectivity index (χ3n) is 3.13. The average molecular weight is 442 g/mol. The summed E-state index contributed by atoms with van der Waals surface area (Å²) in [7, 11) is 0. The largest absolute Gasteiger partial charge is 0.484 e. The quantitative estimate of drug-likeness (QED) is 0.531. The van der Waals surface area contributed by atoms with Gasteiger partial charge in [-0.15, -0.1) is 0 Å². The molecule has 158 valence electrons. The highest BCUT2D eigenvalue weighted by Crippen LogP contribution is 2.36. The molecule has 0 radical (unpaired) electrons. The zero-order valence-corrected chi connectivity index (χ0v) is 15.3. The van der Waals surface area contributed by atoms with Crippen molar-refractivity contribution < 1.29 is 45.4 Å². The van der Waals surface area contributed by atoms with Crippen molar-refractivity contribution in [1.29, 1.82) is 0 Å². The van der Waals surface area contributed by atoms with Crippen LogP contribution in [0.25, 0.3) is 0 Å². The van der Waals surface area contributed by atoms with Crippen molar-refractivity contribution in [3.05, 3.63) is 40.4 Å². The second kappa shape index (κ2) is 8.68. The van der Waals surface area contributed by atoms with Crippen molar-refractivity contribution in [2.75, 3.05) is 18.5 Å². The smallest absolute Gasteiger partial charge is 0.435 e. The fraction of sp³-hybridized carbons (Fsp3) is 0.312. The summed E-state index contributed by atoms with van der Waals surface area (Å²) in [5, 5.41) is 1.46. The standard InChI is InChI=1S/C16H12F6N2O4S/c1-2-27-13(26)11-12(16(20,21)22)24-14(29-11)23-10(25)7-28-9-5-3-4-8(6-9)15(17,18)19/h3-6H,2,7H2,1H3,(H,23,24,25). The number of anilines is 1. The molecule has 6 nitrogen and oxygen atoms in total. The fourth-order valence-corrected chi connectivity index (χ4v) is 2.86. The summed E-state index contributed by atoms with van der Waals surface area (Å²) in [5.41, 5.74) is -2.51. The van der Waals surface area contributed by atoms with Gasteiger partial charge in [-0.3, -0.25) is 10.1 Å². The zero-order chi connectivity index (χ0) is 21.8. The second-order valence-corrected chi connectivity index (χ2v) is 6.28. The van der Waals surface area contributed by atoms with Crippen LogP contribution in [-0.4, -0.2) is 30.1 Å². The van der Waals surface area contributed by atoms with Crippen molar-refractivity contribution in [1.82, 2.24) is 4.98 Å². The highest BCUT2D eigenvalue weighted by Gasteiger charge is 2.40. The first-order chi connectivity index (χ1) is 13.4. The number of alkyl halides is 6. The van der Waals surface area contributed by atoms with Crippen molar-refractivity contribution in [2.45, 2.75) is 19.3 Å². The summed E-state index contributed by atoms with van der Waals surface area (Å²) < 4.78 is 86.4. The number of hydrogen-bond acceptors (Lipinski definition) is 6. The number of halogens is 6. The molecule has 1 heterocycles. The first kappa shape index (κ1) is 22.5. The Labute approximate surface area is 163 Å². The molecule has 13 heteroatoms. The molecule has 1 aromatic heterocycles. The topological polar surface area (TPSA) is 77.5 Å². The first-order valence-corrected chi connectivity index (χ1v) is 8.58. The van der Waals surface area contributed by atoms with Crippen LogP contribution >= 0.6 is 11.3 Å². The van der Waals surface area contributed by atoms with Gasteiger partial charge in [0.2, 0.25) is 0 Å². The van der Waals surface area contributed by atoms with Gasteiger partial charge in [-0.05, 0) is 25.1 Å². The van der Waals surface area contributed by atoms with Crippen LogP contribution in [0.4, 0.5) is 31.5 Å². The number of esters is 1. The van der Waals surface area contributed by atoms with Crippen molar-refractivity contribution in [2.24, 2.45) is 0 Å². The number of aromatic nitrogens is 1. The molecule has 2 aromatic rings. The molecule has 0 atom stereocenters. The van der Waals surface area contributed by atoms with E-state index in [0.717, 1.165) is 12.1 Å². The Morgan fingerprint density at radius 3 is 2.41 bits per heavy atom. The van der Waals surface area contributed by atoms with Gasteiger partial charge < -0.3 is 9.47 Å². The number of benzene rings is 1. The Balaban J connectivity index is 2.08. The zero-order valence-electron chi connectivity index (χ0n) is 14.5. The van der Waals surface area contributed by atoms with E-state index in [0.29, 0.717) is 6.07 Å². The summed E-state index contributed by atoms with van der Waals surface area (Å²) in [4.78, 5) is 25.8. The monoisotopic (exact) mass is 442 g/mol. The number of nitrogens with one attached hydrogen (secondary N) is 1. The molecular weight excluding hydrogens is 430 g/mol. The lowest BCUT2D eigenvalue weighted by atomic mass is 10.2. The first-order valence-electron chi connectivity index (χ1n) is 7.77. The molecule has 0 aliphatic rings. The van der Waals surface area contributed by atoms with Gasteiger partial charge in [0.25, 0.3) is 5.91 Å². The van der Waals surface area contributed by atoms with E-state index in [1.165, 1.54) is 13.0 Å². The molecule has 0 saturated carbocycles. The molecule has 0 fully saturated rings. The predicted octanol–water partition coefficient (Wildman–Crippen LogP) is 4.37. The number of ether oxygens (including phenoxy) is 2. The lowest BCUT2D eigenvalue weighted by molar-refractivity contribution is -0.141. The normalized spacial score (nSPS) is 11.8. The van der Waals surface area contributed by atoms with E-state index in [1.807, 2.05) is 5.32 Å². The summed E-state index contributed by atoms with van der Waals surface area (Å²) in [5.74, 6) is -2.50. The molecular formula is C16H12F6N2O4S. The molecule has 2 rings (SSSR count). The maximum absolute atomic E-state index is 13.0. The van der Waals surface area contributed by atoms with Crippen molar-refractivity contribution in [3.63, 3.8) is 0 Å². The van der Waals surface area contributed by atoms with Gasteiger partial charge in [0.1, 0.15) is 10.6 Å². The Kier molecular flexibility index (Phi) is 6.72. The van der Waals surface area contributed by atoms with Gasteiger partial charge in [0, 0.05) is 0 Å². The van der Waals surface area contributed by atoms with Crippen LogP contribution < -0.4 is 10.1 Å². The Bertz CT molecular complexity index is 894. The number of thiazole rings is 1.